The highest BCUT2D eigenvalue weighted by atomic mass is 19.4. The van der Waals surface area contributed by atoms with Crippen molar-refractivity contribution in [1.29, 1.82) is 0 Å². The molecule has 0 radical (unpaired) electrons. The molecule has 8 heteroatoms. The highest BCUT2D eigenvalue weighted by Crippen LogP contribution is 2.26. The molecule has 1 aliphatic heterocycles. The second-order valence-electron chi connectivity index (χ2n) is 7.26. The second-order valence-corrected chi connectivity index (χ2v) is 7.26. The van der Waals surface area contributed by atoms with Crippen LogP contribution in [0.2, 0.25) is 0 Å². The molecule has 1 aromatic carbocycles. The molecule has 5 nitrogen and oxygen atoms in total. The van der Waals surface area contributed by atoms with Gasteiger partial charge in [-0.05, 0) is 57.9 Å². The minimum Gasteiger partial charge on any atom is -0.493 e. The predicted octanol–water partition coefficient (Wildman–Crippen LogP) is 4.61. The van der Waals surface area contributed by atoms with Gasteiger partial charge in [0.15, 0.2) is 0 Å². The molecule has 1 aromatic rings. The molecule has 1 atom stereocenters. The number of hydrogen-bond donors (Lipinski definition) is 0. The maximum Gasteiger partial charge on any atom is 0.573 e. The van der Waals surface area contributed by atoms with E-state index in [9.17, 15) is 18.0 Å². The Balaban J connectivity index is 1.82. The first-order valence-corrected chi connectivity index (χ1v) is 8.48. The van der Waals surface area contributed by atoms with Crippen LogP contribution in [0.3, 0.4) is 0 Å². The highest BCUT2D eigenvalue weighted by molar-refractivity contribution is 5.68. The zero-order valence-electron chi connectivity index (χ0n) is 15.1. The van der Waals surface area contributed by atoms with Gasteiger partial charge >= 0.3 is 12.5 Å². The third-order valence-corrected chi connectivity index (χ3v) is 3.71. The average Bonchev–Trinajstić information content (AvgIpc) is 2.51. The van der Waals surface area contributed by atoms with Crippen molar-refractivity contribution >= 4 is 6.09 Å². The highest BCUT2D eigenvalue weighted by Gasteiger charge is 2.31. The van der Waals surface area contributed by atoms with E-state index < -0.39 is 12.0 Å². The maximum absolute atomic E-state index is 12.1. The lowest BCUT2D eigenvalue weighted by molar-refractivity contribution is -0.274. The van der Waals surface area contributed by atoms with Gasteiger partial charge in [-0.25, -0.2) is 4.79 Å². The number of alkyl halides is 3. The monoisotopic (exact) mass is 375 g/mol. The van der Waals surface area contributed by atoms with E-state index >= 15 is 0 Å². The lowest BCUT2D eigenvalue weighted by Gasteiger charge is -2.34. The molecule has 0 bridgehead atoms. The molecular formula is C18H24F3NO4. The van der Waals surface area contributed by atoms with Crippen molar-refractivity contribution in [2.75, 3.05) is 19.7 Å². The third-order valence-electron chi connectivity index (χ3n) is 3.71. The fourth-order valence-electron chi connectivity index (χ4n) is 2.65. The smallest absolute Gasteiger partial charge is 0.493 e. The molecule has 0 spiro atoms. The van der Waals surface area contributed by atoms with Crippen LogP contribution < -0.4 is 9.47 Å². The Kier molecular flexibility index (Phi) is 6.26. The molecule has 0 N–H and O–H groups in total. The summed E-state index contributed by atoms with van der Waals surface area (Å²) in [6.07, 6.45) is -3.29. The van der Waals surface area contributed by atoms with Crippen molar-refractivity contribution in [2.45, 2.75) is 45.6 Å². The van der Waals surface area contributed by atoms with E-state index in [1.54, 1.807) is 4.90 Å². The van der Waals surface area contributed by atoms with E-state index in [1.807, 2.05) is 20.8 Å². The van der Waals surface area contributed by atoms with Crippen molar-refractivity contribution < 1.29 is 32.2 Å². The first kappa shape index (κ1) is 20.2. The molecule has 0 saturated carbocycles. The molecule has 1 amide bonds. The van der Waals surface area contributed by atoms with Gasteiger partial charge in [0.25, 0.3) is 0 Å². The quantitative estimate of drug-likeness (QED) is 0.771. The maximum atomic E-state index is 12.1. The summed E-state index contributed by atoms with van der Waals surface area (Å²) in [5, 5.41) is 0. The Morgan fingerprint density at radius 2 is 1.77 bits per heavy atom. The van der Waals surface area contributed by atoms with Crippen LogP contribution in [0.25, 0.3) is 0 Å². The Bertz CT molecular complexity index is 596. The summed E-state index contributed by atoms with van der Waals surface area (Å²) in [6.45, 7) is 7.02. The summed E-state index contributed by atoms with van der Waals surface area (Å²) < 4.78 is 51.3. The van der Waals surface area contributed by atoms with Crippen molar-refractivity contribution in [2.24, 2.45) is 5.92 Å². The summed E-state index contributed by atoms with van der Waals surface area (Å²) in [6, 6.07) is 5.26. The van der Waals surface area contributed by atoms with E-state index in [-0.39, 0.29) is 17.8 Å². The standard InChI is InChI=1S/C18H24F3NO4/c1-17(2,3)26-16(23)22-10-4-5-13(11-22)12-24-14-6-8-15(9-7-14)25-18(19,20)21/h6-9,13H,4-5,10-12H2,1-3H3. The topological polar surface area (TPSA) is 48.0 Å². The average molecular weight is 375 g/mol. The molecule has 1 aliphatic rings. The summed E-state index contributed by atoms with van der Waals surface area (Å²) in [4.78, 5) is 13.8. The van der Waals surface area contributed by atoms with Crippen LogP contribution in [0.4, 0.5) is 18.0 Å². The zero-order valence-corrected chi connectivity index (χ0v) is 15.1. The van der Waals surface area contributed by atoms with Gasteiger partial charge in [0, 0.05) is 19.0 Å². The molecule has 146 valence electrons. The van der Waals surface area contributed by atoms with Gasteiger partial charge < -0.3 is 19.1 Å². The molecule has 1 heterocycles. The van der Waals surface area contributed by atoms with Gasteiger partial charge in [-0.3, -0.25) is 0 Å². The van der Waals surface area contributed by atoms with Crippen LogP contribution in [0.5, 0.6) is 11.5 Å². The van der Waals surface area contributed by atoms with Crippen molar-refractivity contribution in [3.63, 3.8) is 0 Å². The predicted molar refractivity (Wildman–Crippen MR) is 89.2 cm³/mol. The van der Waals surface area contributed by atoms with Gasteiger partial charge in [-0.15, -0.1) is 13.2 Å². The van der Waals surface area contributed by atoms with E-state index in [1.165, 1.54) is 24.3 Å². The first-order chi connectivity index (χ1) is 12.0. The Labute approximate surface area is 151 Å². The molecule has 26 heavy (non-hydrogen) atoms. The van der Waals surface area contributed by atoms with E-state index in [4.69, 9.17) is 9.47 Å². The third kappa shape index (κ3) is 7.01. The summed E-state index contributed by atoms with van der Waals surface area (Å²) in [7, 11) is 0. The Hall–Kier alpha value is -2.12. The fraction of sp³-hybridized carbons (Fsp3) is 0.611. The number of carbonyl (C=O) groups is 1. The van der Waals surface area contributed by atoms with E-state index in [0.29, 0.717) is 25.4 Å². The number of rotatable bonds is 4. The largest absolute Gasteiger partial charge is 0.573 e. The van der Waals surface area contributed by atoms with E-state index in [0.717, 1.165) is 12.8 Å². The summed E-state index contributed by atoms with van der Waals surface area (Å²) >= 11 is 0. The van der Waals surface area contributed by atoms with Crippen molar-refractivity contribution in [1.82, 2.24) is 4.90 Å². The minimum atomic E-state index is -4.71. The normalized spacial score (nSPS) is 18.4. The van der Waals surface area contributed by atoms with Crippen LogP contribution in [0, 0.1) is 5.92 Å². The van der Waals surface area contributed by atoms with Crippen LogP contribution in [-0.4, -0.2) is 42.7 Å². The molecule has 2 rings (SSSR count). The molecule has 1 saturated heterocycles. The van der Waals surface area contributed by atoms with E-state index in [2.05, 4.69) is 4.74 Å². The van der Waals surface area contributed by atoms with Crippen LogP contribution in [0.15, 0.2) is 24.3 Å². The first-order valence-electron chi connectivity index (χ1n) is 8.48. The number of halogens is 3. The minimum absolute atomic E-state index is 0.141. The summed E-state index contributed by atoms with van der Waals surface area (Å²) in [5.74, 6) is 0.301. The van der Waals surface area contributed by atoms with Crippen LogP contribution >= 0.6 is 0 Å². The molecule has 0 aliphatic carbocycles. The molecule has 1 fully saturated rings. The number of piperidine rings is 1. The SMILES string of the molecule is CC(C)(C)OC(=O)N1CCCC(COc2ccc(OC(F)(F)F)cc2)C1. The number of hydrogen-bond acceptors (Lipinski definition) is 4. The number of benzene rings is 1. The molecule has 0 aromatic heterocycles. The fourth-order valence-corrected chi connectivity index (χ4v) is 2.65. The van der Waals surface area contributed by atoms with Crippen LogP contribution in [-0.2, 0) is 4.74 Å². The number of nitrogens with zero attached hydrogens (tertiary/aromatic N) is 1. The van der Waals surface area contributed by atoms with Gasteiger partial charge in [-0.2, -0.15) is 0 Å². The van der Waals surface area contributed by atoms with Gasteiger partial charge in [0.05, 0.1) is 6.61 Å². The van der Waals surface area contributed by atoms with Crippen molar-refractivity contribution in [3.05, 3.63) is 24.3 Å². The number of likely N-dealkylation sites (tertiary alicyclic amines) is 1. The summed E-state index contributed by atoms with van der Waals surface area (Å²) in [5.41, 5.74) is -0.541. The van der Waals surface area contributed by atoms with Crippen LogP contribution in [0.1, 0.15) is 33.6 Å². The van der Waals surface area contributed by atoms with Gasteiger partial charge in [0.2, 0.25) is 0 Å². The van der Waals surface area contributed by atoms with Crippen molar-refractivity contribution in [3.8, 4) is 11.5 Å². The lowest BCUT2D eigenvalue weighted by atomic mass is 9.99. The lowest BCUT2D eigenvalue weighted by Crippen LogP contribution is -2.44. The number of carbonyl (C=O) groups excluding carboxylic acids is 1. The Morgan fingerprint density at radius 3 is 2.35 bits per heavy atom. The Morgan fingerprint density at radius 1 is 1.15 bits per heavy atom. The molecule has 1 unspecified atom stereocenters. The second kappa shape index (κ2) is 8.05. The molecular weight excluding hydrogens is 351 g/mol. The van der Waals surface area contributed by atoms with Gasteiger partial charge in [0.1, 0.15) is 17.1 Å². The number of ether oxygens (including phenoxy) is 3. The number of amides is 1. The van der Waals surface area contributed by atoms with Gasteiger partial charge in [-0.1, -0.05) is 0 Å². The zero-order chi connectivity index (χ0) is 19.4.